The van der Waals surface area contributed by atoms with Gasteiger partial charge in [-0.2, -0.15) is 0 Å². The molecule has 66 valence electrons. The zero-order chi connectivity index (χ0) is 9.14. The van der Waals surface area contributed by atoms with Gasteiger partial charge < -0.3 is 0 Å². The highest BCUT2D eigenvalue weighted by atomic mass is 32.2. The van der Waals surface area contributed by atoms with Crippen LogP contribution in [0.1, 0.15) is 27.7 Å². The Labute approximate surface area is 78.7 Å². The fourth-order valence-corrected chi connectivity index (χ4v) is 2.13. The molecule has 0 radical (unpaired) electrons. The summed E-state index contributed by atoms with van der Waals surface area (Å²) in [5, 5.41) is 2.18. The van der Waals surface area contributed by atoms with Crippen LogP contribution in [0.15, 0.2) is 26.5 Å². The molecule has 0 unspecified atom stereocenters. The van der Waals surface area contributed by atoms with E-state index in [4.69, 9.17) is 0 Å². The monoisotopic (exact) mass is 181 g/mol. The van der Waals surface area contributed by atoms with Crippen LogP contribution in [0.5, 0.6) is 0 Å². The molecule has 1 aliphatic heterocycles. The van der Waals surface area contributed by atoms with Gasteiger partial charge in [0.2, 0.25) is 0 Å². The molecule has 1 aliphatic rings. The van der Waals surface area contributed by atoms with Crippen molar-refractivity contribution in [3.63, 3.8) is 0 Å². The van der Waals surface area contributed by atoms with E-state index >= 15 is 0 Å². The van der Waals surface area contributed by atoms with Gasteiger partial charge in [-0.3, -0.25) is 4.99 Å². The van der Waals surface area contributed by atoms with Crippen LogP contribution in [0.25, 0.3) is 0 Å². The Morgan fingerprint density at radius 2 is 2.17 bits per heavy atom. The molecule has 1 nitrogen and oxygen atoms in total. The summed E-state index contributed by atoms with van der Waals surface area (Å²) in [6, 6.07) is 0. The van der Waals surface area contributed by atoms with E-state index in [0.717, 1.165) is 6.54 Å². The number of hydrogen-bond acceptors (Lipinski definition) is 2. The maximum Gasteiger partial charge on any atom is 0.0747 e. The molecule has 0 saturated carbocycles. The van der Waals surface area contributed by atoms with Crippen LogP contribution in [0.3, 0.4) is 0 Å². The van der Waals surface area contributed by atoms with Crippen molar-refractivity contribution in [2.75, 3.05) is 6.54 Å². The lowest BCUT2D eigenvalue weighted by atomic mass is 10.1. The fourth-order valence-electron chi connectivity index (χ4n) is 1.15. The second-order valence-electron chi connectivity index (χ2n) is 3.07. The molecule has 0 N–H and O–H groups in total. The van der Waals surface area contributed by atoms with Crippen molar-refractivity contribution in [1.29, 1.82) is 0 Å². The van der Waals surface area contributed by atoms with Crippen LogP contribution in [-0.4, -0.2) is 12.3 Å². The minimum absolute atomic E-state index is 0.873. The molecule has 0 amide bonds. The molecule has 1 rings (SSSR count). The molecule has 0 spiro atoms. The highest BCUT2D eigenvalue weighted by Crippen LogP contribution is 2.33. The zero-order valence-electron chi connectivity index (χ0n) is 8.14. The summed E-state index contributed by atoms with van der Waals surface area (Å²) in [6.07, 6.45) is 0. The second-order valence-corrected chi connectivity index (χ2v) is 3.95. The Hall–Kier alpha value is -0.500. The first-order valence-electron chi connectivity index (χ1n) is 4.23. The molecule has 0 aromatic rings. The SMILES string of the molecule is CCN=C1C(C)=CSC1=C(C)C. The second kappa shape index (κ2) is 3.94. The Balaban J connectivity index is 3.01. The minimum Gasteiger partial charge on any atom is -0.284 e. The number of allylic oxidation sites excluding steroid dienone is 3. The van der Waals surface area contributed by atoms with Gasteiger partial charge in [0.05, 0.1) is 5.71 Å². The van der Waals surface area contributed by atoms with Crippen molar-refractivity contribution in [3.05, 3.63) is 21.5 Å². The molecule has 0 aliphatic carbocycles. The quantitative estimate of drug-likeness (QED) is 0.604. The third-order valence-corrected chi connectivity index (χ3v) is 3.02. The Bertz CT molecular complexity index is 268. The average Bonchev–Trinajstić information content (AvgIpc) is 2.34. The van der Waals surface area contributed by atoms with Gasteiger partial charge in [0.1, 0.15) is 0 Å². The van der Waals surface area contributed by atoms with Gasteiger partial charge in [0.15, 0.2) is 0 Å². The number of thioether (sulfide) groups is 1. The van der Waals surface area contributed by atoms with Crippen LogP contribution >= 0.6 is 11.8 Å². The van der Waals surface area contributed by atoms with E-state index in [2.05, 4.69) is 38.1 Å². The summed E-state index contributed by atoms with van der Waals surface area (Å²) in [7, 11) is 0. The standard InChI is InChI=1S/C10H15NS/c1-5-11-9-8(4)6-12-10(9)7(2)3/h6H,5H2,1-4H3. The molecule has 0 atom stereocenters. The molecular weight excluding hydrogens is 166 g/mol. The number of nitrogens with zero attached hydrogens (tertiary/aromatic N) is 1. The van der Waals surface area contributed by atoms with Crippen molar-refractivity contribution in [2.24, 2.45) is 4.99 Å². The van der Waals surface area contributed by atoms with Crippen molar-refractivity contribution in [1.82, 2.24) is 0 Å². The fraction of sp³-hybridized carbons (Fsp3) is 0.500. The largest absolute Gasteiger partial charge is 0.284 e. The average molecular weight is 181 g/mol. The van der Waals surface area contributed by atoms with Gasteiger partial charge in [-0.1, -0.05) is 17.3 Å². The van der Waals surface area contributed by atoms with Crippen LogP contribution in [0, 0.1) is 0 Å². The van der Waals surface area contributed by atoms with E-state index in [9.17, 15) is 0 Å². The molecule has 1 heterocycles. The van der Waals surface area contributed by atoms with Crippen molar-refractivity contribution < 1.29 is 0 Å². The maximum absolute atomic E-state index is 4.48. The molecule has 0 fully saturated rings. The Morgan fingerprint density at radius 1 is 1.50 bits per heavy atom. The molecular formula is C10H15NS. The summed E-state index contributed by atoms with van der Waals surface area (Å²) in [4.78, 5) is 5.82. The van der Waals surface area contributed by atoms with Gasteiger partial charge in [0.25, 0.3) is 0 Å². The topological polar surface area (TPSA) is 12.4 Å². The summed E-state index contributed by atoms with van der Waals surface area (Å²) in [5.74, 6) is 0. The predicted molar refractivity (Wildman–Crippen MR) is 57.7 cm³/mol. The molecule has 0 bridgehead atoms. The number of aliphatic imine (C=N–C) groups is 1. The molecule has 0 aromatic heterocycles. The van der Waals surface area contributed by atoms with Crippen LogP contribution in [-0.2, 0) is 0 Å². The number of rotatable bonds is 1. The van der Waals surface area contributed by atoms with Crippen molar-refractivity contribution in [2.45, 2.75) is 27.7 Å². The first-order chi connectivity index (χ1) is 5.66. The van der Waals surface area contributed by atoms with Gasteiger partial charge in [-0.15, -0.1) is 0 Å². The first-order valence-corrected chi connectivity index (χ1v) is 5.11. The molecule has 12 heavy (non-hydrogen) atoms. The van der Waals surface area contributed by atoms with E-state index in [0.29, 0.717) is 0 Å². The Kier molecular flexibility index (Phi) is 3.15. The third-order valence-electron chi connectivity index (χ3n) is 1.71. The lowest BCUT2D eigenvalue weighted by Crippen LogP contribution is -1.99. The predicted octanol–water partition coefficient (Wildman–Crippen LogP) is 3.39. The maximum atomic E-state index is 4.48. The van der Waals surface area contributed by atoms with Crippen LogP contribution in [0.4, 0.5) is 0 Å². The molecule has 0 aromatic carbocycles. The number of hydrogen-bond donors (Lipinski definition) is 0. The minimum atomic E-state index is 0.873. The zero-order valence-corrected chi connectivity index (χ0v) is 8.96. The van der Waals surface area contributed by atoms with Gasteiger partial charge in [-0.25, -0.2) is 0 Å². The summed E-state index contributed by atoms with van der Waals surface area (Å²) in [6.45, 7) is 9.35. The lowest BCUT2D eigenvalue weighted by Gasteiger charge is -2.02. The molecule has 0 saturated heterocycles. The van der Waals surface area contributed by atoms with Crippen molar-refractivity contribution >= 4 is 17.5 Å². The Morgan fingerprint density at radius 3 is 2.67 bits per heavy atom. The van der Waals surface area contributed by atoms with E-state index in [1.165, 1.54) is 21.8 Å². The van der Waals surface area contributed by atoms with Crippen LogP contribution < -0.4 is 0 Å². The smallest absolute Gasteiger partial charge is 0.0747 e. The third kappa shape index (κ3) is 1.81. The van der Waals surface area contributed by atoms with Crippen LogP contribution in [0.2, 0.25) is 0 Å². The van der Waals surface area contributed by atoms with E-state index in [1.807, 2.05) is 0 Å². The highest BCUT2D eigenvalue weighted by molar-refractivity contribution is 8.07. The van der Waals surface area contributed by atoms with Gasteiger partial charge >= 0.3 is 0 Å². The normalized spacial score (nSPS) is 20.2. The summed E-state index contributed by atoms with van der Waals surface area (Å²) >= 11 is 1.79. The van der Waals surface area contributed by atoms with Crippen molar-refractivity contribution in [3.8, 4) is 0 Å². The van der Waals surface area contributed by atoms with E-state index in [1.54, 1.807) is 11.8 Å². The summed E-state index contributed by atoms with van der Waals surface area (Å²) in [5.41, 5.74) is 3.86. The van der Waals surface area contributed by atoms with Gasteiger partial charge in [0, 0.05) is 11.4 Å². The lowest BCUT2D eigenvalue weighted by molar-refractivity contribution is 1.13. The first kappa shape index (κ1) is 9.59. The summed E-state index contributed by atoms with van der Waals surface area (Å²) < 4.78 is 0. The molecule has 2 heteroatoms. The van der Waals surface area contributed by atoms with Gasteiger partial charge in [-0.05, 0) is 38.7 Å². The van der Waals surface area contributed by atoms with E-state index < -0.39 is 0 Å². The highest BCUT2D eigenvalue weighted by Gasteiger charge is 2.16. The van der Waals surface area contributed by atoms with E-state index in [-0.39, 0.29) is 0 Å².